The number of aliphatic hydroxyl groups is 2. The Labute approximate surface area is 82.4 Å². The lowest BCUT2D eigenvalue weighted by Crippen LogP contribution is -2.00. The van der Waals surface area contributed by atoms with E-state index >= 15 is 0 Å². The van der Waals surface area contributed by atoms with Gasteiger partial charge in [0.25, 0.3) is 0 Å². The van der Waals surface area contributed by atoms with Crippen molar-refractivity contribution in [2.75, 3.05) is 7.11 Å². The quantitative estimate of drug-likeness (QED) is 0.676. The predicted octanol–water partition coefficient (Wildman–Crippen LogP) is 0.946. The van der Waals surface area contributed by atoms with E-state index < -0.39 is 6.10 Å². The number of phenols is 1. The summed E-state index contributed by atoms with van der Waals surface area (Å²) in [5.74, 6) is 0.388. The fourth-order valence-electron chi connectivity index (χ4n) is 1.40. The Hall–Kier alpha value is -1.26. The highest BCUT2D eigenvalue weighted by Crippen LogP contribution is 2.32. The maximum atomic E-state index is 9.55. The lowest BCUT2D eigenvalue weighted by molar-refractivity contribution is 0.188. The van der Waals surface area contributed by atoms with Crippen LogP contribution in [0.4, 0.5) is 0 Å². The van der Waals surface area contributed by atoms with Crippen molar-refractivity contribution in [3.05, 3.63) is 23.3 Å². The molecule has 0 spiro atoms. The Balaban J connectivity index is 3.27. The van der Waals surface area contributed by atoms with Crippen molar-refractivity contribution in [1.29, 1.82) is 0 Å². The van der Waals surface area contributed by atoms with Crippen LogP contribution in [-0.2, 0) is 6.61 Å². The van der Waals surface area contributed by atoms with Crippen molar-refractivity contribution in [3.63, 3.8) is 0 Å². The molecule has 1 aromatic rings. The molecule has 0 saturated heterocycles. The minimum atomic E-state index is -0.817. The van der Waals surface area contributed by atoms with Crippen LogP contribution < -0.4 is 4.74 Å². The van der Waals surface area contributed by atoms with Crippen molar-refractivity contribution >= 4 is 0 Å². The molecule has 0 amide bonds. The molecular formula is C10H14O4. The molecule has 0 aliphatic rings. The number of hydrogen-bond acceptors (Lipinski definition) is 4. The van der Waals surface area contributed by atoms with Crippen molar-refractivity contribution < 1.29 is 20.1 Å². The highest BCUT2D eigenvalue weighted by atomic mass is 16.5. The van der Waals surface area contributed by atoms with Crippen molar-refractivity contribution in [2.45, 2.75) is 19.6 Å². The number of phenolic OH excluding ortho intramolecular Hbond substituents is 1. The molecule has 4 heteroatoms. The standard InChI is InChI=1S/C10H14O4/c1-6(12)10-7(5-11)3-8(14-2)4-9(10)13/h3-4,6,11-13H,5H2,1-2H3/t6-/m1/s1. The minimum absolute atomic E-state index is 0.0663. The summed E-state index contributed by atoms with van der Waals surface area (Å²) in [4.78, 5) is 0. The SMILES string of the molecule is COc1cc(O)c([C@@H](C)O)c(CO)c1. The zero-order valence-corrected chi connectivity index (χ0v) is 8.19. The molecule has 0 radical (unpaired) electrons. The Morgan fingerprint density at radius 3 is 2.50 bits per heavy atom. The topological polar surface area (TPSA) is 69.9 Å². The Morgan fingerprint density at radius 2 is 2.07 bits per heavy atom. The van der Waals surface area contributed by atoms with Crippen LogP contribution in [0.2, 0.25) is 0 Å². The summed E-state index contributed by atoms with van der Waals surface area (Å²) in [6, 6.07) is 2.99. The molecule has 1 rings (SSSR count). The Bertz CT molecular complexity index is 320. The van der Waals surface area contributed by atoms with Gasteiger partial charge in [0.1, 0.15) is 11.5 Å². The van der Waals surface area contributed by atoms with Gasteiger partial charge in [0.2, 0.25) is 0 Å². The third kappa shape index (κ3) is 1.97. The lowest BCUT2D eigenvalue weighted by atomic mass is 10.0. The number of methoxy groups -OCH3 is 1. The summed E-state index contributed by atoms with van der Waals surface area (Å²) in [6.07, 6.45) is -0.817. The number of aromatic hydroxyl groups is 1. The largest absolute Gasteiger partial charge is 0.507 e. The summed E-state index contributed by atoms with van der Waals surface area (Å²) in [5, 5.41) is 28.0. The maximum Gasteiger partial charge on any atom is 0.125 e. The first-order chi connectivity index (χ1) is 6.60. The van der Waals surface area contributed by atoms with Crippen LogP contribution in [-0.4, -0.2) is 22.4 Å². The Morgan fingerprint density at radius 1 is 1.43 bits per heavy atom. The first kappa shape index (κ1) is 10.8. The van der Waals surface area contributed by atoms with E-state index in [0.29, 0.717) is 16.9 Å². The number of hydrogen-bond donors (Lipinski definition) is 3. The van der Waals surface area contributed by atoms with Gasteiger partial charge in [-0.1, -0.05) is 0 Å². The van der Waals surface area contributed by atoms with E-state index in [9.17, 15) is 10.2 Å². The fourth-order valence-corrected chi connectivity index (χ4v) is 1.40. The third-order valence-electron chi connectivity index (χ3n) is 2.04. The van der Waals surface area contributed by atoms with Crippen LogP contribution in [0.25, 0.3) is 0 Å². The molecule has 0 fully saturated rings. The highest BCUT2D eigenvalue weighted by molar-refractivity contribution is 5.46. The normalized spacial score (nSPS) is 12.6. The van der Waals surface area contributed by atoms with Gasteiger partial charge < -0.3 is 20.1 Å². The second kappa shape index (κ2) is 4.30. The van der Waals surface area contributed by atoms with Gasteiger partial charge in [0.15, 0.2) is 0 Å². The van der Waals surface area contributed by atoms with Crippen molar-refractivity contribution in [3.8, 4) is 11.5 Å². The van der Waals surface area contributed by atoms with E-state index in [0.717, 1.165) is 0 Å². The monoisotopic (exact) mass is 198 g/mol. The van der Waals surface area contributed by atoms with Gasteiger partial charge in [-0.15, -0.1) is 0 Å². The Kier molecular flexibility index (Phi) is 3.33. The first-order valence-electron chi connectivity index (χ1n) is 4.28. The van der Waals surface area contributed by atoms with Crippen LogP contribution >= 0.6 is 0 Å². The maximum absolute atomic E-state index is 9.55. The zero-order valence-electron chi connectivity index (χ0n) is 8.19. The summed E-state index contributed by atoms with van der Waals surface area (Å²) < 4.78 is 4.92. The molecule has 14 heavy (non-hydrogen) atoms. The van der Waals surface area contributed by atoms with Crippen molar-refractivity contribution in [1.82, 2.24) is 0 Å². The van der Waals surface area contributed by atoms with Gasteiger partial charge in [0.05, 0.1) is 19.8 Å². The van der Waals surface area contributed by atoms with Crippen LogP contribution in [0.5, 0.6) is 11.5 Å². The summed E-state index contributed by atoms with van der Waals surface area (Å²) >= 11 is 0. The predicted molar refractivity (Wildman–Crippen MR) is 51.2 cm³/mol. The molecule has 1 atom stereocenters. The lowest BCUT2D eigenvalue weighted by Gasteiger charge is -2.13. The van der Waals surface area contributed by atoms with E-state index in [1.165, 1.54) is 20.1 Å². The molecular weight excluding hydrogens is 184 g/mol. The third-order valence-corrected chi connectivity index (χ3v) is 2.04. The summed E-state index contributed by atoms with van der Waals surface area (Å²) in [6.45, 7) is 1.28. The second-order valence-corrected chi connectivity index (χ2v) is 3.05. The molecule has 0 aromatic heterocycles. The molecule has 0 unspecified atom stereocenters. The van der Waals surface area contributed by atoms with Gasteiger partial charge in [0, 0.05) is 11.6 Å². The van der Waals surface area contributed by atoms with E-state index in [-0.39, 0.29) is 12.4 Å². The fraction of sp³-hybridized carbons (Fsp3) is 0.400. The van der Waals surface area contributed by atoms with Gasteiger partial charge in [-0.2, -0.15) is 0 Å². The van der Waals surface area contributed by atoms with Gasteiger partial charge in [-0.3, -0.25) is 0 Å². The van der Waals surface area contributed by atoms with Crippen molar-refractivity contribution in [2.24, 2.45) is 0 Å². The van der Waals surface area contributed by atoms with Gasteiger partial charge in [-0.25, -0.2) is 0 Å². The van der Waals surface area contributed by atoms with Crippen LogP contribution in [0, 0.1) is 0 Å². The van der Waals surface area contributed by atoms with E-state index in [2.05, 4.69) is 0 Å². The van der Waals surface area contributed by atoms with E-state index in [1.54, 1.807) is 6.07 Å². The average molecular weight is 198 g/mol. The highest BCUT2D eigenvalue weighted by Gasteiger charge is 2.14. The molecule has 0 heterocycles. The number of rotatable bonds is 3. The molecule has 4 nitrogen and oxygen atoms in total. The van der Waals surface area contributed by atoms with E-state index in [4.69, 9.17) is 9.84 Å². The van der Waals surface area contributed by atoms with Gasteiger partial charge >= 0.3 is 0 Å². The summed E-state index contributed by atoms with van der Waals surface area (Å²) in [5.41, 5.74) is 0.810. The van der Waals surface area contributed by atoms with Gasteiger partial charge in [-0.05, 0) is 18.6 Å². The van der Waals surface area contributed by atoms with Crippen LogP contribution in [0.3, 0.4) is 0 Å². The molecule has 78 valence electrons. The molecule has 3 N–H and O–H groups in total. The molecule has 0 bridgehead atoms. The average Bonchev–Trinajstić information content (AvgIpc) is 2.15. The molecule has 0 saturated carbocycles. The number of aliphatic hydroxyl groups excluding tert-OH is 2. The first-order valence-corrected chi connectivity index (χ1v) is 4.28. The molecule has 0 aliphatic carbocycles. The molecule has 1 aromatic carbocycles. The molecule has 0 aliphatic heterocycles. The second-order valence-electron chi connectivity index (χ2n) is 3.05. The number of ether oxygens (including phenoxy) is 1. The zero-order chi connectivity index (χ0) is 10.7. The summed E-state index contributed by atoms with van der Waals surface area (Å²) in [7, 11) is 1.47. The van der Waals surface area contributed by atoms with E-state index in [1.807, 2.05) is 0 Å². The van der Waals surface area contributed by atoms with Crippen LogP contribution in [0.1, 0.15) is 24.2 Å². The minimum Gasteiger partial charge on any atom is -0.507 e. The van der Waals surface area contributed by atoms with Crippen LogP contribution in [0.15, 0.2) is 12.1 Å². The number of benzene rings is 1. The smallest absolute Gasteiger partial charge is 0.125 e.